The number of rotatable bonds is 2. The van der Waals surface area contributed by atoms with Crippen LogP contribution in [0.1, 0.15) is 22.3 Å². The number of nitrogens with zero attached hydrogens (tertiary/aromatic N) is 2. The van der Waals surface area contributed by atoms with Gasteiger partial charge in [0.15, 0.2) is 0 Å². The van der Waals surface area contributed by atoms with Gasteiger partial charge in [-0.05, 0) is 38.1 Å². The summed E-state index contributed by atoms with van der Waals surface area (Å²) in [6.07, 6.45) is 0. The fourth-order valence-electron chi connectivity index (χ4n) is 2.58. The minimum Gasteiger partial charge on any atom is -0.333 e. The van der Waals surface area contributed by atoms with E-state index in [1.165, 1.54) is 23.5 Å². The van der Waals surface area contributed by atoms with E-state index in [2.05, 4.69) is 10.3 Å². The molecule has 0 saturated carbocycles. The molecule has 1 unspecified atom stereocenters. The summed E-state index contributed by atoms with van der Waals surface area (Å²) in [6.45, 7) is 6.24. The molecule has 1 atom stereocenters. The van der Waals surface area contributed by atoms with Gasteiger partial charge >= 0.3 is 0 Å². The molecule has 1 aliphatic rings. The molecule has 24 heavy (non-hydrogen) atoms. The number of carbonyl (C=O) groups excluding carboxylic acids is 1. The second-order valence-corrected chi connectivity index (χ2v) is 6.49. The van der Waals surface area contributed by atoms with E-state index in [9.17, 15) is 9.18 Å². The van der Waals surface area contributed by atoms with E-state index in [4.69, 9.17) is 0 Å². The lowest BCUT2D eigenvalue weighted by Crippen LogP contribution is -2.52. The lowest BCUT2D eigenvalue weighted by molar-refractivity contribution is 0.0660. The van der Waals surface area contributed by atoms with Crippen LogP contribution in [0.5, 0.6) is 0 Å². The van der Waals surface area contributed by atoms with Crippen molar-refractivity contribution in [3.05, 3.63) is 40.7 Å². The van der Waals surface area contributed by atoms with Crippen LogP contribution in [0.2, 0.25) is 0 Å². The largest absolute Gasteiger partial charge is 0.333 e. The van der Waals surface area contributed by atoms with Crippen LogP contribution in [0.15, 0.2) is 24.3 Å². The van der Waals surface area contributed by atoms with E-state index in [1.807, 2.05) is 18.7 Å². The van der Waals surface area contributed by atoms with Gasteiger partial charge in [0.2, 0.25) is 0 Å². The van der Waals surface area contributed by atoms with Crippen LogP contribution in [-0.4, -0.2) is 41.5 Å². The predicted molar refractivity (Wildman–Crippen MR) is 100 cm³/mol. The molecule has 4 nitrogen and oxygen atoms in total. The van der Waals surface area contributed by atoms with E-state index >= 15 is 0 Å². The third kappa shape index (κ3) is 4.25. The fourth-order valence-corrected chi connectivity index (χ4v) is 3.61. The van der Waals surface area contributed by atoms with E-state index in [0.29, 0.717) is 11.4 Å². The van der Waals surface area contributed by atoms with Crippen LogP contribution in [0.4, 0.5) is 4.39 Å². The summed E-state index contributed by atoms with van der Waals surface area (Å²) in [4.78, 5) is 19.8. The zero-order valence-electron chi connectivity index (χ0n) is 13.4. The Morgan fingerprint density at radius 2 is 2.00 bits per heavy atom. The molecule has 1 saturated heterocycles. The summed E-state index contributed by atoms with van der Waals surface area (Å²) >= 11 is 1.38. The molecule has 0 aliphatic carbocycles. The summed E-state index contributed by atoms with van der Waals surface area (Å²) in [7, 11) is 0. The minimum absolute atomic E-state index is 0. The number of benzene rings is 1. The molecule has 0 bridgehead atoms. The van der Waals surface area contributed by atoms with Gasteiger partial charge in [-0.1, -0.05) is 0 Å². The molecule has 8 heteroatoms. The van der Waals surface area contributed by atoms with Crippen molar-refractivity contribution in [1.29, 1.82) is 0 Å². The van der Waals surface area contributed by atoms with Crippen molar-refractivity contribution in [2.24, 2.45) is 0 Å². The Bertz CT molecular complexity index is 693. The van der Waals surface area contributed by atoms with Gasteiger partial charge < -0.3 is 10.2 Å². The Morgan fingerprint density at radius 3 is 2.62 bits per heavy atom. The standard InChI is InChI=1S/C16H18FN3OS.2ClH/c1-10-9-18-7-8-20(10)16(21)14-11(2)19-15(22-14)12-3-5-13(17)6-4-12;;/h3-6,10,18H,7-9H2,1-2H3;2*1H. The highest BCUT2D eigenvalue weighted by Gasteiger charge is 2.27. The van der Waals surface area contributed by atoms with Crippen molar-refractivity contribution in [2.75, 3.05) is 19.6 Å². The number of hydrogen-bond donors (Lipinski definition) is 1. The van der Waals surface area contributed by atoms with Gasteiger partial charge in [0.05, 0.1) is 5.69 Å². The van der Waals surface area contributed by atoms with Crippen LogP contribution in [0.3, 0.4) is 0 Å². The molecule has 3 rings (SSSR count). The monoisotopic (exact) mass is 391 g/mol. The molecule has 1 aromatic heterocycles. The number of amides is 1. The first-order valence-corrected chi connectivity index (χ1v) is 8.13. The molecular formula is C16H20Cl2FN3OS. The number of nitrogens with one attached hydrogen (secondary N) is 1. The second-order valence-electron chi connectivity index (χ2n) is 5.49. The number of thiazole rings is 1. The average molecular weight is 392 g/mol. The lowest BCUT2D eigenvalue weighted by atomic mass is 10.2. The Morgan fingerprint density at radius 1 is 1.33 bits per heavy atom. The maximum atomic E-state index is 13.0. The maximum absolute atomic E-state index is 13.0. The third-order valence-corrected chi connectivity index (χ3v) is 5.04. The van der Waals surface area contributed by atoms with Crippen molar-refractivity contribution in [3.8, 4) is 10.6 Å². The summed E-state index contributed by atoms with van der Waals surface area (Å²) in [5.41, 5.74) is 1.57. The number of aryl methyl sites for hydroxylation is 1. The Balaban J connectivity index is 0.00000144. The van der Waals surface area contributed by atoms with E-state index in [-0.39, 0.29) is 42.6 Å². The van der Waals surface area contributed by atoms with Gasteiger partial charge in [-0.3, -0.25) is 4.79 Å². The summed E-state index contributed by atoms with van der Waals surface area (Å²) in [5.74, 6) is -0.236. The molecule has 132 valence electrons. The highest BCUT2D eigenvalue weighted by Crippen LogP contribution is 2.29. The molecule has 0 spiro atoms. The highest BCUT2D eigenvalue weighted by atomic mass is 35.5. The van der Waals surface area contributed by atoms with Crippen molar-refractivity contribution >= 4 is 42.1 Å². The number of aromatic nitrogens is 1. The summed E-state index contributed by atoms with van der Waals surface area (Å²) in [6, 6.07) is 6.37. The molecule has 1 aliphatic heterocycles. The van der Waals surface area contributed by atoms with Crippen LogP contribution in [-0.2, 0) is 0 Å². The van der Waals surface area contributed by atoms with Gasteiger partial charge in [-0.2, -0.15) is 0 Å². The molecule has 1 amide bonds. The Kier molecular flexibility index (Phi) is 7.60. The van der Waals surface area contributed by atoms with E-state index in [1.54, 1.807) is 12.1 Å². The van der Waals surface area contributed by atoms with Crippen LogP contribution in [0, 0.1) is 12.7 Å². The van der Waals surface area contributed by atoms with Gasteiger partial charge in [-0.25, -0.2) is 9.37 Å². The first kappa shape index (κ1) is 20.8. The first-order valence-electron chi connectivity index (χ1n) is 7.31. The van der Waals surface area contributed by atoms with Gasteiger partial charge in [0, 0.05) is 31.2 Å². The van der Waals surface area contributed by atoms with Crippen LogP contribution >= 0.6 is 36.2 Å². The smallest absolute Gasteiger partial charge is 0.266 e. The number of halogens is 3. The van der Waals surface area contributed by atoms with Gasteiger partial charge in [0.25, 0.3) is 5.91 Å². The summed E-state index contributed by atoms with van der Waals surface area (Å²) < 4.78 is 13.0. The van der Waals surface area contributed by atoms with Crippen molar-refractivity contribution < 1.29 is 9.18 Å². The predicted octanol–water partition coefficient (Wildman–Crippen LogP) is 3.54. The van der Waals surface area contributed by atoms with Crippen molar-refractivity contribution in [2.45, 2.75) is 19.9 Å². The molecule has 0 radical (unpaired) electrons. The molecule has 2 aromatic rings. The maximum Gasteiger partial charge on any atom is 0.266 e. The number of carbonyl (C=O) groups is 1. The zero-order valence-corrected chi connectivity index (χ0v) is 15.9. The van der Waals surface area contributed by atoms with Gasteiger partial charge in [-0.15, -0.1) is 36.2 Å². The fraction of sp³-hybridized carbons (Fsp3) is 0.375. The number of hydrogen-bond acceptors (Lipinski definition) is 4. The van der Waals surface area contributed by atoms with Crippen molar-refractivity contribution in [3.63, 3.8) is 0 Å². The normalized spacial score (nSPS) is 17.0. The second kappa shape index (κ2) is 8.76. The topological polar surface area (TPSA) is 45.2 Å². The number of piperazine rings is 1. The zero-order chi connectivity index (χ0) is 15.7. The SMILES string of the molecule is Cc1nc(-c2ccc(F)cc2)sc1C(=O)N1CCNCC1C.Cl.Cl. The Hall–Kier alpha value is -1.21. The molecule has 2 heterocycles. The molecular weight excluding hydrogens is 372 g/mol. The lowest BCUT2D eigenvalue weighted by Gasteiger charge is -2.33. The third-order valence-electron chi connectivity index (χ3n) is 3.84. The average Bonchev–Trinajstić information content (AvgIpc) is 2.90. The van der Waals surface area contributed by atoms with Crippen LogP contribution < -0.4 is 5.32 Å². The van der Waals surface area contributed by atoms with Crippen molar-refractivity contribution in [1.82, 2.24) is 15.2 Å². The first-order chi connectivity index (χ1) is 10.6. The van der Waals surface area contributed by atoms with Crippen LogP contribution in [0.25, 0.3) is 10.6 Å². The minimum atomic E-state index is -0.275. The molecule has 1 fully saturated rings. The van der Waals surface area contributed by atoms with E-state index in [0.717, 1.165) is 29.4 Å². The summed E-state index contributed by atoms with van der Waals surface area (Å²) in [5, 5.41) is 4.03. The van der Waals surface area contributed by atoms with Gasteiger partial charge in [0.1, 0.15) is 15.7 Å². The molecule has 1 N–H and O–H groups in total. The highest BCUT2D eigenvalue weighted by molar-refractivity contribution is 7.17. The Labute approximate surface area is 157 Å². The van der Waals surface area contributed by atoms with E-state index < -0.39 is 0 Å². The quantitative estimate of drug-likeness (QED) is 0.851. The molecule has 1 aromatic carbocycles.